The van der Waals surface area contributed by atoms with E-state index in [1.807, 2.05) is 6.82 Å². The van der Waals surface area contributed by atoms with Crippen LogP contribution in [-0.4, -0.2) is 6.15 Å². The minimum absolute atomic E-state index is 0.981. The molecule has 22 valence electrons. The Kier molecular flexibility index (Phi) is 3.15. The van der Waals surface area contributed by atoms with Crippen LogP contribution in [0.25, 0.3) is 0 Å². The van der Waals surface area contributed by atoms with Gasteiger partial charge in [0.05, 0.1) is 0 Å². The summed E-state index contributed by atoms with van der Waals surface area (Å²) in [5, 5.41) is 0. The monoisotopic (exact) mass is 73.0 g/mol. The zero-order valence-electron chi connectivity index (χ0n) is 2.49. The van der Waals surface area contributed by atoms with E-state index in [1.165, 1.54) is 0 Å². The molecule has 4 heavy (non-hydrogen) atoms. The Bertz CT molecular complexity index is 46.0. The molecule has 0 unspecified atom stereocenters. The molecule has 0 aromatic rings. The number of rotatable bonds is 0. The van der Waals surface area contributed by atoms with Crippen LogP contribution in [0, 0.1) is 4.78 Å². The molecule has 1 N–H and O–H groups in total. The zero-order chi connectivity index (χ0) is 3.41. The molecular weight excluding hydrogens is 68.9 g/mol. The van der Waals surface area contributed by atoms with Gasteiger partial charge >= 0.3 is 28.7 Å². The Labute approximate surface area is 29.6 Å². The molecule has 0 radical (unpaired) electrons. The van der Waals surface area contributed by atoms with Gasteiger partial charge in [0.1, 0.15) is 0 Å². The topological polar surface area (TPSA) is 23.9 Å². The summed E-state index contributed by atoms with van der Waals surface area (Å²) in [7, 11) is 0.981. The fourth-order valence-electron chi connectivity index (χ4n) is 0. The van der Waals surface area contributed by atoms with Crippen molar-refractivity contribution in [1.82, 2.24) is 0 Å². The van der Waals surface area contributed by atoms with Crippen molar-refractivity contribution in [3.8, 4) is 0 Å². The van der Waals surface area contributed by atoms with Crippen LogP contribution < -0.4 is 0 Å². The van der Waals surface area contributed by atoms with Crippen LogP contribution in [0.5, 0.6) is 0 Å². The molecule has 0 rings (SSSR count). The molecule has 1 nitrogen and oxygen atoms in total. The second-order valence-corrected chi connectivity index (χ2v) is 1.06. The average Bonchev–Trinajstić information content (AvgIpc) is 1.37. The third kappa shape index (κ3) is 2.08. The molecule has 0 heterocycles. The van der Waals surface area contributed by atoms with E-state index in [2.05, 4.69) is 0 Å². The molecule has 0 aromatic carbocycles. The Morgan fingerprint density at radius 2 is 2.25 bits per heavy atom. The second kappa shape index (κ2) is 3.08. The fraction of sp³-hybridized carbons (Fsp3) is 1.00. The molecule has 0 aliphatic carbocycles. The van der Waals surface area contributed by atoms with Gasteiger partial charge in [-0.05, 0) is 0 Å². The van der Waals surface area contributed by atoms with E-state index in [9.17, 15) is 0 Å². The number of hydrogen-bond acceptors (Lipinski definition) is 1. The first-order valence-corrected chi connectivity index (χ1v) is 1.90. The number of hydrogen-bond donors (Lipinski definition) is 1. The van der Waals surface area contributed by atoms with E-state index in [0.29, 0.717) is 0 Å². The Balaban J connectivity index is 3.11. The standard InChI is InChI=1S/CH4BNS/c1-2-4-3/h3H,1H3. The Morgan fingerprint density at radius 1 is 2.00 bits per heavy atom. The quantitative estimate of drug-likeness (QED) is 0.403. The molecule has 3 heteroatoms. The maximum absolute atomic E-state index is 6.31. The van der Waals surface area contributed by atoms with Crippen molar-refractivity contribution in [2.45, 2.75) is 6.82 Å². The third-order valence-corrected chi connectivity index (χ3v) is 0.354. The van der Waals surface area contributed by atoms with Crippen molar-refractivity contribution < 1.29 is 0 Å². The van der Waals surface area contributed by atoms with Crippen LogP contribution in [0.15, 0.2) is 0 Å². The van der Waals surface area contributed by atoms with Gasteiger partial charge in [-0.3, -0.25) is 0 Å². The van der Waals surface area contributed by atoms with Gasteiger partial charge in [-0.25, -0.2) is 0 Å². The van der Waals surface area contributed by atoms with Crippen molar-refractivity contribution in [3.05, 3.63) is 0 Å². The van der Waals surface area contributed by atoms with Gasteiger partial charge in [-0.1, -0.05) is 0 Å². The van der Waals surface area contributed by atoms with Gasteiger partial charge in [0, 0.05) is 0 Å². The normalized spacial score (nSPS) is 4.25. The van der Waals surface area contributed by atoms with Crippen molar-refractivity contribution in [2.24, 2.45) is 0 Å². The first-order valence-electron chi connectivity index (χ1n) is 1.02. The van der Waals surface area contributed by atoms with Crippen LogP contribution in [0.4, 0.5) is 0 Å². The van der Waals surface area contributed by atoms with E-state index in [-0.39, 0.29) is 0 Å². The van der Waals surface area contributed by atoms with Crippen LogP contribution in [0.3, 0.4) is 0 Å². The summed E-state index contributed by atoms with van der Waals surface area (Å²) in [5.74, 6) is 0. The van der Waals surface area contributed by atoms with Crippen LogP contribution in [-0.2, 0) is 11.0 Å². The van der Waals surface area contributed by atoms with Crippen LogP contribution in [0.1, 0.15) is 0 Å². The molecule has 0 spiro atoms. The molecule has 0 saturated heterocycles. The van der Waals surface area contributed by atoms with Crippen LogP contribution in [0.2, 0.25) is 6.82 Å². The van der Waals surface area contributed by atoms with E-state index < -0.39 is 0 Å². The predicted octanol–water partition coefficient (Wildman–Crippen LogP) is 0.499. The predicted molar refractivity (Wildman–Crippen MR) is 21.7 cm³/mol. The summed E-state index contributed by atoms with van der Waals surface area (Å²) >= 11 is 0. The van der Waals surface area contributed by atoms with Crippen molar-refractivity contribution in [2.75, 3.05) is 0 Å². The molecule has 0 aromatic heterocycles. The summed E-state index contributed by atoms with van der Waals surface area (Å²) in [6.45, 7) is 1.83. The first-order chi connectivity index (χ1) is 1.91. The molecular formula is CH4BNS. The molecule has 0 amide bonds. The summed E-state index contributed by atoms with van der Waals surface area (Å²) in [5.41, 5.74) is 0. The maximum atomic E-state index is 6.31. The van der Waals surface area contributed by atoms with E-state index in [4.69, 9.17) is 4.78 Å². The van der Waals surface area contributed by atoms with Gasteiger partial charge in [-0.2, -0.15) is 0 Å². The van der Waals surface area contributed by atoms with Gasteiger partial charge in [0.25, 0.3) is 0 Å². The summed E-state index contributed by atoms with van der Waals surface area (Å²) in [6.07, 6.45) is 1.71. The van der Waals surface area contributed by atoms with E-state index in [1.54, 1.807) is 6.15 Å². The summed E-state index contributed by atoms with van der Waals surface area (Å²) in [4.78, 5) is 0. The third-order valence-electron chi connectivity index (χ3n) is 0.118. The SMILES string of the molecule is CB=S=N. The molecule has 0 fully saturated rings. The summed E-state index contributed by atoms with van der Waals surface area (Å²) in [6, 6.07) is 0. The zero-order valence-corrected chi connectivity index (χ0v) is 3.30. The minimum atomic E-state index is 0.981. The van der Waals surface area contributed by atoms with E-state index >= 15 is 0 Å². The Morgan fingerprint density at radius 3 is 2.25 bits per heavy atom. The van der Waals surface area contributed by atoms with Gasteiger partial charge in [0.15, 0.2) is 0 Å². The van der Waals surface area contributed by atoms with Gasteiger partial charge in [-0.15, -0.1) is 0 Å². The molecule has 0 bridgehead atoms. The van der Waals surface area contributed by atoms with Gasteiger partial charge < -0.3 is 0 Å². The van der Waals surface area contributed by atoms with Crippen molar-refractivity contribution in [3.63, 3.8) is 0 Å². The van der Waals surface area contributed by atoms with Crippen LogP contribution >= 0.6 is 0 Å². The average molecular weight is 72.9 g/mol. The molecule has 0 saturated carbocycles. The van der Waals surface area contributed by atoms with Gasteiger partial charge in [0.2, 0.25) is 0 Å². The fourth-order valence-corrected chi connectivity index (χ4v) is 0. The molecule has 0 atom stereocenters. The second-order valence-electron chi connectivity index (χ2n) is 0.354. The van der Waals surface area contributed by atoms with Crippen molar-refractivity contribution in [1.29, 1.82) is 4.78 Å². The van der Waals surface area contributed by atoms with Crippen molar-refractivity contribution >= 4 is 17.1 Å². The van der Waals surface area contributed by atoms with E-state index in [0.717, 1.165) is 11.0 Å². The molecule has 0 aliphatic heterocycles. The summed E-state index contributed by atoms with van der Waals surface area (Å²) < 4.78 is 6.31. The Hall–Kier alpha value is 0.0849. The number of nitrogens with one attached hydrogen (secondary N) is 1. The first kappa shape index (κ1) is 4.08. The molecule has 0 aliphatic rings.